The molecule has 2 aromatic carbocycles. The first-order valence-corrected chi connectivity index (χ1v) is 11.9. The number of ether oxygens (including phenoxy) is 4. The number of carbonyl (C=O) groups is 2. The highest BCUT2D eigenvalue weighted by molar-refractivity contribution is 5.89. The Morgan fingerprint density at radius 2 is 1.37 bits per heavy atom. The molecule has 3 aliphatic rings. The molecule has 35 heavy (non-hydrogen) atoms. The molecule has 0 bridgehead atoms. The lowest BCUT2D eigenvalue weighted by molar-refractivity contribution is -0.142. The molecule has 0 unspecified atom stereocenters. The van der Waals surface area contributed by atoms with Crippen LogP contribution in [0, 0.1) is 11.8 Å². The summed E-state index contributed by atoms with van der Waals surface area (Å²) >= 11 is 0. The molecule has 0 aromatic heterocycles. The maximum Gasteiger partial charge on any atom is 0.307 e. The second-order valence-electron chi connectivity index (χ2n) is 9.18. The number of amides is 1. The number of carboxylic acids is 1. The Bertz CT molecular complexity index is 1150. The zero-order valence-corrected chi connectivity index (χ0v) is 20.0. The zero-order chi connectivity index (χ0) is 24.5. The number of fused-ring (bicyclic) bond motifs is 2. The van der Waals surface area contributed by atoms with Gasteiger partial charge in [-0.1, -0.05) is 0 Å². The number of hydrogen-bond acceptors (Lipinski definition) is 7. The average molecular weight is 483 g/mol. The van der Waals surface area contributed by atoms with Crippen LogP contribution >= 0.6 is 0 Å². The van der Waals surface area contributed by atoms with Crippen LogP contribution in [0.4, 0.5) is 0 Å². The summed E-state index contributed by atoms with van der Waals surface area (Å²) in [6, 6.07) is 7.88. The van der Waals surface area contributed by atoms with Crippen molar-refractivity contribution in [3.05, 3.63) is 46.5 Å². The van der Waals surface area contributed by atoms with E-state index in [4.69, 9.17) is 24.1 Å². The Kier molecular flexibility index (Phi) is 6.42. The molecule has 1 aliphatic carbocycles. The predicted molar refractivity (Wildman–Crippen MR) is 126 cm³/mol. The monoisotopic (exact) mass is 482 g/mol. The van der Waals surface area contributed by atoms with Crippen LogP contribution in [0.2, 0.25) is 0 Å². The summed E-state index contributed by atoms with van der Waals surface area (Å²) in [5.41, 5.74) is 4.46. The van der Waals surface area contributed by atoms with Crippen LogP contribution in [-0.4, -0.2) is 49.3 Å². The molecular weight excluding hydrogens is 452 g/mol. The summed E-state index contributed by atoms with van der Waals surface area (Å²) in [4.78, 5) is 25.5. The Morgan fingerprint density at radius 1 is 0.857 bits per heavy atom. The minimum Gasteiger partial charge on any atom is -0.493 e. The Labute approximate surface area is 203 Å². The standard InChI is InChI=1S/C26H30N2O7/c1-32-21-6-15-11-27-12-16(15)7-23(21)34-4-3-5-35-24-9-18-14-28(13-17(18)8-22(24)33-2)25(29)19-10-20(19)26(30)31/h6-9,19-20,27H,3-5,10-14H2,1-2H3,(H,30,31)/t19-,20-/m1/s1. The SMILES string of the molecule is COc1cc2c(cc1OCCCOc1cc3c(cc1OC)CN(C(=O)[C@@H]1C[C@H]1C(=O)O)C3)CNC2. The minimum absolute atomic E-state index is 0.0926. The fourth-order valence-corrected chi connectivity index (χ4v) is 4.81. The van der Waals surface area contributed by atoms with Gasteiger partial charge in [-0.3, -0.25) is 9.59 Å². The van der Waals surface area contributed by atoms with E-state index in [0.717, 1.165) is 35.7 Å². The molecule has 2 atom stereocenters. The number of benzene rings is 2. The van der Waals surface area contributed by atoms with E-state index in [1.165, 1.54) is 11.1 Å². The van der Waals surface area contributed by atoms with Crippen LogP contribution in [0.1, 0.15) is 35.1 Å². The predicted octanol–water partition coefficient (Wildman–Crippen LogP) is 2.72. The van der Waals surface area contributed by atoms with E-state index >= 15 is 0 Å². The average Bonchev–Trinajstić information content (AvgIpc) is 3.36. The van der Waals surface area contributed by atoms with Crippen molar-refractivity contribution in [1.29, 1.82) is 0 Å². The molecule has 0 saturated heterocycles. The second kappa shape index (κ2) is 9.65. The maximum absolute atomic E-state index is 12.7. The molecule has 5 rings (SSSR count). The van der Waals surface area contributed by atoms with Gasteiger partial charge < -0.3 is 34.3 Å². The van der Waals surface area contributed by atoms with Crippen molar-refractivity contribution < 1.29 is 33.6 Å². The number of methoxy groups -OCH3 is 2. The van der Waals surface area contributed by atoms with Crippen molar-refractivity contribution in [2.75, 3.05) is 27.4 Å². The third kappa shape index (κ3) is 4.73. The number of nitrogens with zero attached hydrogens (tertiary/aromatic N) is 1. The highest BCUT2D eigenvalue weighted by atomic mass is 16.5. The van der Waals surface area contributed by atoms with E-state index in [0.29, 0.717) is 50.6 Å². The Hall–Kier alpha value is -3.46. The summed E-state index contributed by atoms with van der Waals surface area (Å²) in [6.45, 7) is 3.50. The second-order valence-corrected chi connectivity index (χ2v) is 9.18. The molecule has 9 heteroatoms. The summed E-state index contributed by atoms with van der Waals surface area (Å²) in [5, 5.41) is 12.4. The maximum atomic E-state index is 12.7. The van der Waals surface area contributed by atoms with E-state index in [9.17, 15) is 9.59 Å². The number of aliphatic carboxylic acids is 1. The van der Waals surface area contributed by atoms with Crippen LogP contribution in [0.15, 0.2) is 24.3 Å². The first-order chi connectivity index (χ1) is 17.0. The molecule has 1 fully saturated rings. The fourth-order valence-electron chi connectivity index (χ4n) is 4.81. The molecule has 2 aliphatic heterocycles. The number of carbonyl (C=O) groups excluding carboxylic acids is 1. The first kappa shape index (κ1) is 23.3. The van der Waals surface area contributed by atoms with Gasteiger partial charge in [-0.05, 0) is 52.9 Å². The smallest absolute Gasteiger partial charge is 0.307 e. The molecule has 2 heterocycles. The van der Waals surface area contributed by atoms with Crippen LogP contribution in [0.3, 0.4) is 0 Å². The van der Waals surface area contributed by atoms with E-state index in [-0.39, 0.29) is 5.91 Å². The van der Waals surface area contributed by atoms with Gasteiger partial charge in [-0.2, -0.15) is 0 Å². The molecule has 1 saturated carbocycles. The highest BCUT2D eigenvalue weighted by Gasteiger charge is 2.50. The molecule has 1 amide bonds. The Morgan fingerprint density at radius 3 is 1.89 bits per heavy atom. The van der Waals surface area contributed by atoms with Crippen LogP contribution < -0.4 is 24.3 Å². The number of carboxylic acid groups (broad SMARTS) is 1. The number of rotatable bonds is 10. The quantitative estimate of drug-likeness (QED) is 0.498. The van der Waals surface area contributed by atoms with Crippen molar-refractivity contribution >= 4 is 11.9 Å². The van der Waals surface area contributed by atoms with Crippen molar-refractivity contribution in [2.45, 2.75) is 39.0 Å². The van der Waals surface area contributed by atoms with Gasteiger partial charge in [-0.25, -0.2) is 0 Å². The third-order valence-corrected chi connectivity index (χ3v) is 6.87. The van der Waals surface area contributed by atoms with E-state index in [1.54, 1.807) is 19.1 Å². The Balaban J connectivity index is 1.15. The van der Waals surface area contributed by atoms with Gasteiger partial charge in [0, 0.05) is 32.6 Å². The number of nitrogens with one attached hydrogen (secondary N) is 1. The minimum atomic E-state index is -0.895. The summed E-state index contributed by atoms with van der Waals surface area (Å²) in [7, 11) is 3.23. The third-order valence-electron chi connectivity index (χ3n) is 6.87. The first-order valence-electron chi connectivity index (χ1n) is 11.9. The van der Waals surface area contributed by atoms with Crippen molar-refractivity contribution in [3.63, 3.8) is 0 Å². The summed E-state index contributed by atoms with van der Waals surface area (Å²) < 4.78 is 23.0. The molecule has 9 nitrogen and oxygen atoms in total. The van der Waals surface area contributed by atoms with Crippen molar-refractivity contribution in [3.8, 4) is 23.0 Å². The molecule has 2 aromatic rings. The van der Waals surface area contributed by atoms with Gasteiger partial charge in [0.05, 0.1) is 39.3 Å². The fraction of sp³-hybridized carbons (Fsp3) is 0.462. The van der Waals surface area contributed by atoms with E-state index in [1.807, 2.05) is 24.3 Å². The van der Waals surface area contributed by atoms with Crippen LogP contribution in [-0.2, 0) is 35.8 Å². The van der Waals surface area contributed by atoms with Gasteiger partial charge in [0.25, 0.3) is 0 Å². The highest BCUT2D eigenvalue weighted by Crippen LogP contribution is 2.43. The molecule has 0 radical (unpaired) electrons. The van der Waals surface area contributed by atoms with Crippen molar-refractivity contribution in [1.82, 2.24) is 10.2 Å². The van der Waals surface area contributed by atoms with Crippen molar-refractivity contribution in [2.24, 2.45) is 11.8 Å². The summed E-state index contributed by atoms with van der Waals surface area (Å²) in [5.74, 6) is 0.760. The van der Waals surface area contributed by atoms with Gasteiger partial charge in [0.15, 0.2) is 23.0 Å². The van der Waals surface area contributed by atoms with Gasteiger partial charge in [0.2, 0.25) is 5.91 Å². The lowest BCUT2D eigenvalue weighted by Gasteiger charge is -2.14. The molecular formula is C26H30N2O7. The lowest BCUT2D eigenvalue weighted by Crippen LogP contribution is -2.28. The van der Waals surface area contributed by atoms with E-state index in [2.05, 4.69) is 5.32 Å². The van der Waals surface area contributed by atoms with E-state index < -0.39 is 17.8 Å². The normalized spacial score (nSPS) is 19.7. The van der Waals surface area contributed by atoms with Gasteiger partial charge in [0.1, 0.15) is 0 Å². The molecule has 186 valence electrons. The van der Waals surface area contributed by atoms with Crippen LogP contribution in [0.5, 0.6) is 23.0 Å². The lowest BCUT2D eigenvalue weighted by atomic mass is 10.1. The summed E-state index contributed by atoms with van der Waals surface area (Å²) in [6.07, 6.45) is 1.09. The largest absolute Gasteiger partial charge is 0.493 e. The topological polar surface area (TPSA) is 107 Å². The van der Waals surface area contributed by atoms with Gasteiger partial charge >= 0.3 is 5.97 Å². The number of hydrogen-bond donors (Lipinski definition) is 2. The van der Waals surface area contributed by atoms with Gasteiger partial charge in [-0.15, -0.1) is 0 Å². The zero-order valence-electron chi connectivity index (χ0n) is 20.0. The molecule has 2 N–H and O–H groups in total. The molecule has 0 spiro atoms. The van der Waals surface area contributed by atoms with Crippen LogP contribution in [0.25, 0.3) is 0 Å².